The zero-order valence-corrected chi connectivity index (χ0v) is 13.5. The summed E-state index contributed by atoms with van der Waals surface area (Å²) in [5, 5.41) is 0. The van der Waals surface area contributed by atoms with Crippen LogP contribution in [0.3, 0.4) is 0 Å². The third kappa shape index (κ3) is 3.21. The molecule has 2 nitrogen and oxygen atoms in total. The lowest BCUT2D eigenvalue weighted by Crippen LogP contribution is -2.24. The summed E-state index contributed by atoms with van der Waals surface area (Å²) in [7, 11) is 0. The minimum atomic E-state index is -0.279. The van der Waals surface area contributed by atoms with E-state index < -0.39 is 0 Å². The van der Waals surface area contributed by atoms with E-state index in [0.717, 1.165) is 23.3 Å². The van der Waals surface area contributed by atoms with Gasteiger partial charge in [-0.15, -0.1) is 0 Å². The highest BCUT2D eigenvalue weighted by Crippen LogP contribution is 2.41. The molecule has 1 aliphatic heterocycles. The maximum Gasteiger partial charge on any atom is 0.165 e. The Bertz CT molecular complexity index is 662. The number of benzene rings is 2. The molecule has 0 saturated heterocycles. The van der Waals surface area contributed by atoms with Crippen molar-refractivity contribution in [1.29, 1.82) is 0 Å². The van der Waals surface area contributed by atoms with Gasteiger partial charge in [0, 0.05) is 16.5 Å². The van der Waals surface area contributed by atoms with Crippen molar-refractivity contribution >= 4 is 15.9 Å². The molecule has 0 N–H and O–H groups in total. The molecule has 4 heteroatoms. The van der Waals surface area contributed by atoms with Gasteiger partial charge < -0.3 is 9.47 Å². The zero-order chi connectivity index (χ0) is 15.0. The summed E-state index contributed by atoms with van der Waals surface area (Å²) in [6.45, 7) is 4.41. The Balaban J connectivity index is 1.79. The molecule has 2 aromatic carbocycles. The van der Waals surface area contributed by atoms with Crippen LogP contribution in [0, 0.1) is 5.82 Å². The number of para-hydroxylation sites is 1. The summed E-state index contributed by atoms with van der Waals surface area (Å²) < 4.78 is 25.8. The zero-order valence-electron chi connectivity index (χ0n) is 12.0. The molecule has 21 heavy (non-hydrogen) atoms. The molecule has 110 valence electrons. The average Bonchev–Trinajstić information content (AvgIpc) is 2.69. The Labute approximate surface area is 132 Å². The van der Waals surface area contributed by atoms with Crippen LogP contribution < -0.4 is 9.47 Å². The van der Waals surface area contributed by atoms with E-state index in [1.807, 2.05) is 18.2 Å². The fourth-order valence-corrected chi connectivity index (χ4v) is 3.07. The van der Waals surface area contributed by atoms with Gasteiger partial charge >= 0.3 is 0 Å². The smallest absolute Gasteiger partial charge is 0.165 e. The second-order valence-electron chi connectivity index (χ2n) is 5.85. The third-order valence-electron chi connectivity index (χ3n) is 3.37. The Morgan fingerprint density at radius 2 is 2.10 bits per heavy atom. The van der Waals surface area contributed by atoms with Crippen LogP contribution in [0.1, 0.15) is 25.0 Å². The second-order valence-corrected chi connectivity index (χ2v) is 6.76. The number of rotatable bonds is 3. The molecule has 0 unspecified atom stereocenters. The van der Waals surface area contributed by atoms with Gasteiger partial charge in [0.15, 0.2) is 11.5 Å². The van der Waals surface area contributed by atoms with E-state index in [4.69, 9.17) is 9.47 Å². The molecular formula is C17H16BrFO2. The van der Waals surface area contributed by atoms with E-state index in [-0.39, 0.29) is 11.4 Å². The van der Waals surface area contributed by atoms with Crippen molar-refractivity contribution in [3.63, 3.8) is 0 Å². The molecule has 0 saturated carbocycles. The quantitative estimate of drug-likeness (QED) is 0.785. The maximum atomic E-state index is 13.4. The summed E-state index contributed by atoms with van der Waals surface area (Å²) in [4.78, 5) is 0. The number of halogens is 2. The number of ether oxygens (including phenoxy) is 2. The molecule has 0 aromatic heterocycles. The van der Waals surface area contributed by atoms with Crippen molar-refractivity contribution in [1.82, 2.24) is 0 Å². The Kier molecular flexibility index (Phi) is 3.66. The van der Waals surface area contributed by atoms with Crippen LogP contribution in [-0.4, -0.2) is 5.60 Å². The molecule has 0 spiro atoms. The van der Waals surface area contributed by atoms with Crippen molar-refractivity contribution in [3.05, 3.63) is 57.8 Å². The molecule has 0 fully saturated rings. The summed E-state index contributed by atoms with van der Waals surface area (Å²) >= 11 is 3.28. The molecular weight excluding hydrogens is 335 g/mol. The first-order chi connectivity index (χ1) is 9.93. The van der Waals surface area contributed by atoms with Crippen molar-refractivity contribution < 1.29 is 13.9 Å². The van der Waals surface area contributed by atoms with E-state index in [1.165, 1.54) is 12.1 Å². The highest BCUT2D eigenvalue weighted by atomic mass is 79.9. The van der Waals surface area contributed by atoms with E-state index >= 15 is 0 Å². The lowest BCUT2D eigenvalue weighted by Gasteiger charge is -2.18. The van der Waals surface area contributed by atoms with Crippen molar-refractivity contribution in [2.24, 2.45) is 0 Å². The topological polar surface area (TPSA) is 18.5 Å². The minimum absolute atomic E-state index is 0.205. The fraction of sp³-hybridized carbons (Fsp3) is 0.294. The lowest BCUT2D eigenvalue weighted by molar-refractivity contribution is 0.131. The largest absolute Gasteiger partial charge is 0.485 e. The average molecular weight is 351 g/mol. The normalized spacial score (nSPS) is 15.4. The predicted octanol–water partition coefficient (Wildman–Crippen LogP) is 4.88. The molecule has 0 aliphatic carbocycles. The van der Waals surface area contributed by atoms with Gasteiger partial charge in [-0.05, 0) is 43.7 Å². The van der Waals surface area contributed by atoms with E-state index in [1.54, 1.807) is 0 Å². The molecule has 2 aromatic rings. The van der Waals surface area contributed by atoms with Crippen LogP contribution in [0.5, 0.6) is 11.5 Å². The van der Waals surface area contributed by atoms with Crippen LogP contribution >= 0.6 is 15.9 Å². The van der Waals surface area contributed by atoms with Crippen molar-refractivity contribution in [2.75, 3.05) is 0 Å². The van der Waals surface area contributed by atoms with E-state index in [9.17, 15) is 4.39 Å². The van der Waals surface area contributed by atoms with Crippen LogP contribution in [0.4, 0.5) is 4.39 Å². The van der Waals surface area contributed by atoms with Gasteiger partial charge in [-0.25, -0.2) is 4.39 Å². The molecule has 0 amide bonds. The van der Waals surface area contributed by atoms with Crippen LogP contribution in [0.25, 0.3) is 0 Å². The molecule has 0 atom stereocenters. The monoisotopic (exact) mass is 350 g/mol. The highest BCUT2D eigenvalue weighted by Gasteiger charge is 2.32. The SMILES string of the molecule is CC1(C)Cc2cccc(OCc3cc(F)cc(Br)c3)c2O1. The number of fused-ring (bicyclic) bond motifs is 1. The maximum absolute atomic E-state index is 13.4. The highest BCUT2D eigenvalue weighted by molar-refractivity contribution is 9.10. The standard InChI is InChI=1S/C17H16BrFO2/c1-17(2)9-12-4-3-5-15(16(12)21-17)20-10-11-6-13(18)8-14(19)7-11/h3-8H,9-10H2,1-2H3. The van der Waals surface area contributed by atoms with Gasteiger partial charge in [0.25, 0.3) is 0 Å². The third-order valence-corrected chi connectivity index (χ3v) is 3.83. The summed E-state index contributed by atoms with van der Waals surface area (Å²) in [5.41, 5.74) is 1.72. The van der Waals surface area contributed by atoms with Crippen LogP contribution in [0.15, 0.2) is 40.9 Å². The van der Waals surface area contributed by atoms with Gasteiger partial charge in [-0.1, -0.05) is 28.1 Å². The number of hydrogen-bond acceptors (Lipinski definition) is 2. The molecule has 1 aliphatic rings. The molecule has 1 heterocycles. The van der Waals surface area contributed by atoms with Crippen LogP contribution in [-0.2, 0) is 13.0 Å². The molecule has 0 bridgehead atoms. The summed E-state index contributed by atoms with van der Waals surface area (Å²) in [6, 6.07) is 10.6. The lowest BCUT2D eigenvalue weighted by atomic mass is 10.0. The van der Waals surface area contributed by atoms with Crippen LogP contribution in [0.2, 0.25) is 0 Å². The molecule has 3 rings (SSSR count). The van der Waals surface area contributed by atoms with Crippen molar-refractivity contribution in [2.45, 2.75) is 32.5 Å². The fourth-order valence-electron chi connectivity index (χ4n) is 2.56. The minimum Gasteiger partial charge on any atom is -0.485 e. The van der Waals surface area contributed by atoms with E-state index in [0.29, 0.717) is 16.8 Å². The second kappa shape index (κ2) is 5.34. The van der Waals surface area contributed by atoms with Gasteiger partial charge in [0.05, 0.1) is 0 Å². The summed E-state index contributed by atoms with van der Waals surface area (Å²) in [5.74, 6) is 1.23. The predicted molar refractivity (Wildman–Crippen MR) is 83.3 cm³/mol. The first kappa shape index (κ1) is 14.4. The van der Waals surface area contributed by atoms with Gasteiger partial charge in [0.2, 0.25) is 0 Å². The van der Waals surface area contributed by atoms with Crippen molar-refractivity contribution in [3.8, 4) is 11.5 Å². The summed E-state index contributed by atoms with van der Waals surface area (Å²) in [6.07, 6.45) is 0.866. The van der Waals surface area contributed by atoms with Gasteiger partial charge in [-0.3, -0.25) is 0 Å². The van der Waals surface area contributed by atoms with Gasteiger partial charge in [-0.2, -0.15) is 0 Å². The van der Waals surface area contributed by atoms with Gasteiger partial charge in [0.1, 0.15) is 18.0 Å². The first-order valence-corrected chi connectivity index (χ1v) is 7.61. The first-order valence-electron chi connectivity index (χ1n) is 6.82. The van der Waals surface area contributed by atoms with E-state index in [2.05, 4.69) is 35.8 Å². The number of hydrogen-bond donors (Lipinski definition) is 0. The Hall–Kier alpha value is -1.55. The Morgan fingerprint density at radius 3 is 2.86 bits per heavy atom. The molecule has 0 radical (unpaired) electrons. The Morgan fingerprint density at radius 1 is 1.29 bits per heavy atom.